The van der Waals surface area contributed by atoms with E-state index in [4.69, 9.17) is 4.74 Å². The van der Waals surface area contributed by atoms with Crippen LogP contribution in [0.5, 0.6) is 5.75 Å². The maximum atomic E-state index is 12.4. The first-order valence-electron chi connectivity index (χ1n) is 10.0. The van der Waals surface area contributed by atoms with Gasteiger partial charge in [0.05, 0.1) is 10.9 Å². The van der Waals surface area contributed by atoms with Crippen LogP contribution in [0.25, 0.3) is 0 Å². The predicted octanol–water partition coefficient (Wildman–Crippen LogP) is 3.26. The minimum absolute atomic E-state index is 0.00862. The highest BCUT2D eigenvalue weighted by molar-refractivity contribution is 7.89. The maximum absolute atomic E-state index is 12.4. The van der Waals surface area contributed by atoms with E-state index in [1.165, 1.54) is 17.2 Å². The Labute approximate surface area is 172 Å². The van der Waals surface area contributed by atoms with Gasteiger partial charge in [-0.05, 0) is 67.5 Å². The zero-order valence-electron chi connectivity index (χ0n) is 16.9. The van der Waals surface area contributed by atoms with Crippen molar-refractivity contribution < 1.29 is 17.9 Å². The lowest BCUT2D eigenvalue weighted by Crippen LogP contribution is -2.34. The molecule has 0 saturated carbocycles. The summed E-state index contributed by atoms with van der Waals surface area (Å²) in [6.45, 7) is 3.95. The highest BCUT2D eigenvalue weighted by Gasteiger charge is 2.21. The highest BCUT2D eigenvalue weighted by atomic mass is 32.2. The molecule has 0 spiro atoms. The molecule has 0 fully saturated rings. The smallest absolute Gasteiger partial charge is 0.258 e. The normalized spacial score (nSPS) is 16.1. The molecule has 1 aliphatic rings. The Kier molecular flexibility index (Phi) is 6.92. The lowest BCUT2D eigenvalue weighted by atomic mass is 9.88. The summed E-state index contributed by atoms with van der Waals surface area (Å²) in [5.74, 6) is 0.311. The molecule has 2 aromatic carbocycles. The number of ether oxygens (including phenoxy) is 1. The van der Waals surface area contributed by atoms with Crippen LogP contribution in [-0.4, -0.2) is 27.5 Å². The summed E-state index contributed by atoms with van der Waals surface area (Å²) < 4.78 is 32.6. The number of carbonyl (C=O) groups is 1. The Hall–Kier alpha value is -2.38. The summed E-state index contributed by atoms with van der Waals surface area (Å²) in [6, 6.07) is 12.9. The van der Waals surface area contributed by atoms with Gasteiger partial charge in [0.1, 0.15) is 5.75 Å². The molecule has 0 heterocycles. The molecule has 6 nitrogen and oxygen atoms in total. The Morgan fingerprint density at radius 2 is 2.00 bits per heavy atom. The topological polar surface area (TPSA) is 84.5 Å². The number of amides is 1. The quantitative estimate of drug-likeness (QED) is 0.692. The van der Waals surface area contributed by atoms with Crippen LogP contribution in [0.3, 0.4) is 0 Å². The standard InChI is InChI=1S/C22H28N2O4S/c1-3-13-23-29(26,27)18-11-12-21(16(2)14-18)28-15-22(25)24-20-10-6-8-17-7-4-5-9-19(17)20/h4-5,7,9,11-12,14,20,23H,3,6,8,10,13,15H2,1-2H3,(H,24,25)/t20-/m0/s1. The molecule has 0 unspecified atom stereocenters. The van der Waals surface area contributed by atoms with Crippen molar-refractivity contribution in [3.05, 3.63) is 59.2 Å². The van der Waals surface area contributed by atoms with E-state index in [9.17, 15) is 13.2 Å². The van der Waals surface area contributed by atoms with E-state index in [1.54, 1.807) is 19.1 Å². The summed E-state index contributed by atoms with van der Waals surface area (Å²) in [5.41, 5.74) is 3.13. The molecule has 7 heteroatoms. The molecule has 2 N–H and O–H groups in total. The van der Waals surface area contributed by atoms with Gasteiger partial charge in [-0.2, -0.15) is 0 Å². The van der Waals surface area contributed by atoms with Crippen molar-refractivity contribution in [2.24, 2.45) is 0 Å². The molecule has 0 radical (unpaired) electrons. The van der Waals surface area contributed by atoms with Gasteiger partial charge < -0.3 is 10.1 Å². The van der Waals surface area contributed by atoms with Crippen LogP contribution < -0.4 is 14.8 Å². The number of hydrogen-bond acceptors (Lipinski definition) is 4. The third-order valence-electron chi connectivity index (χ3n) is 5.06. The van der Waals surface area contributed by atoms with Crippen LogP contribution in [0.4, 0.5) is 0 Å². The Morgan fingerprint density at radius 1 is 1.21 bits per heavy atom. The van der Waals surface area contributed by atoms with E-state index in [2.05, 4.69) is 22.2 Å². The highest BCUT2D eigenvalue weighted by Crippen LogP contribution is 2.29. The number of hydrogen-bond donors (Lipinski definition) is 2. The molecule has 1 amide bonds. The van der Waals surface area contributed by atoms with Gasteiger partial charge >= 0.3 is 0 Å². The molecule has 156 valence electrons. The first kappa shape index (κ1) is 21.3. The van der Waals surface area contributed by atoms with E-state index in [-0.39, 0.29) is 23.5 Å². The summed E-state index contributed by atoms with van der Waals surface area (Å²) in [4.78, 5) is 12.6. The Morgan fingerprint density at radius 3 is 2.76 bits per heavy atom. The molecule has 2 aromatic rings. The summed E-state index contributed by atoms with van der Waals surface area (Å²) >= 11 is 0. The average Bonchev–Trinajstić information content (AvgIpc) is 2.71. The number of benzene rings is 2. The monoisotopic (exact) mass is 416 g/mol. The molecular weight excluding hydrogens is 388 g/mol. The van der Waals surface area contributed by atoms with Crippen molar-refractivity contribution in [3.8, 4) is 5.75 Å². The minimum atomic E-state index is -3.53. The second-order valence-corrected chi connectivity index (χ2v) is 9.09. The molecule has 29 heavy (non-hydrogen) atoms. The third-order valence-corrected chi connectivity index (χ3v) is 6.52. The fourth-order valence-corrected chi connectivity index (χ4v) is 4.77. The van der Waals surface area contributed by atoms with Crippen molar-refractivity contribution in [1.82, 2.24) is 10.0 Å². The minimum Gasteiger partial charge on any atom is -0.484 e. The van der Waals surface area contributed by atoms with E-state index in [1.807, 2.05) is 19.1 Å². The summed E-state index contributed by atoms with van der Waals surface area (Å²) in [6.07, 6.45) is 3.73. The number of aryl methyl sites for hydroxylation is 2. The molecule has 0 saturated heterocycles. The lowest BCUT2D eigenvalue weighted by Gasteiger charge is -2.26. The average molecular weight is 417 g/mol. The molecular formula is C22H28N2O4S. The van der Waals surface area contributed by atoms with Crippen molar-refractivity contribution in [3.63, 3.8) is 0 Å². The predicted molar refractivity (Wildman–Crippen MR) is 112 cm³/mol. The number of fused-ring (bicyclic) bond motifs is 1. The molecule has 0 aromatic heterocycles. The zero-order chi connectivity index (χ0) is 20.9. The van der Waals surface area contributed by atoms with Gasteiger partial charge in [-0.25, -0.2) is 13.1 Å². The maximum Gasteiger partial charge on any atom is 0.258 e. The second-order valence-electron chi connectivity index (χ2n) is 7.32. The number of carbonyl (C=O) groups excluding carboxylic acids is 1. The Balaban J connectivity index is 1.60. The molecule has 0 aliphatic heterocycles. The van der Waals surface area contributed by atoms with E-state index in [0.29, 0.717) is 17.9 Å². The van der Waals surface area contributed by atoms with Crippen LogP contribution >= 0.6 is 0 Å². The Bertz CT molecular complexity index is 973. The van der Waals surface area contributed by atoms with Crippen molar-refractivity contribution >= 4 is 15.9 Å². The van der Waals surface area contributed by atoms with Gasteiger partial charge in [-0.15, -0.1) is 0 Å². The van der Waals surface area contributed by atoms with Gasteiger partial charge in [0.25, 0.3) is 5.91 Å². The van der Waals surface area contributed by atoms with Gasteiger partial charge in [0.2, 0.25) is 10.0 Å². The first-order chi connectivity index (χ1) is 13.9. The first-order valence-corrected chi connectivity index (χ1v) is 11.5. The lowest BCUT2D eigenvalue weighted by molar-refractivity contribution is -0.124. The van der Waals surface area contributed by atoms with E-state index in [0.717, 1.165) is 25.7 Å². The van der Waals surface area contributed by atoms with Gasteiger partial charge in [0, 0.05) is 6.54 Å². The van der Waals surface area contributed by atoms with Crippen LogP contribution in [0.15, 0.2) is 47.4 Å². The molecule has 1 aliphatic carbocycles. The summed E-state index contributed by atoms with van der Waals surface area (Å²) in [5, 5.41) is 3.05. The SMILES string of the molecule is CCCNS(=O)(=O)c1ccc(OCC(=O)N[C@H]2CCCc3ccccc32)c(C)c1. The zero-order valence-corrected chi connectivity index (χ0v) is 17.7. The van der Waals surface area contributed by atoms with Crippen LogP contribution in [-0.2, 0) is 21.2 Å². The van der Waals surface area contributed by atoms with Crippen LogP contribution in [0.1, 0.15) is 48.9 Å². The second kappa shape index (κ2) is 9.41. The van der Waals surface area contributed by atoms with Gasteiger partial charge in [-0.1, -0.05) is 31.2 Å². The fourth-order valence-electron chi connectivity index (χ4n) is 3.55. The molecule has 0 bridgehead atoms. The van der Waals surface area contributed by atoms with Crippen molar-refractivity contribution in [2.75, 3.05) is 13.2 Å². The third kappa shape index (κ3) is 5.36. The fraction of sp³-hybridized carbons (Fsp3) is 0.409. The van der Waals surface area contributed by atoms with E-state index >= 15 is 0 Å². The van der Waals surface area contributed by atoms with Crippen LogP contribution in [0.2, 0.25) is 0 Å². The molecule has 3 rings (SSSR count). The van der Waals surface area contributed by atoms with Crippen LogP contribution in [0, 0.1) is 6.92 Å². The van der Waals surface area contributed by atoms with Crippen molar-refractivity contribution in [2.45, 2.75) is 50.5 Å². The van der Waals surface area contributed by atoms with Gasteiger partial charge in [-0.3, -0.25) is 4.79 Å². The number of rotatable bonds is 8. The van der Waals surface area contributed by atoms with Crippen molar-refractivity contribution in [1.29, 1.82) is 0 Å². The summed E-state index contributed by atoms with van der Waals surface area (Å²) in [7, 11) is -3.53. The van der Waals surface area contributed by atoms with Gasteiger partial charge in [0.15, 0.2) is 6.61 Å². The largest absolute Gasteiger partial charge is 0.484 e. The number of sulfonamides is 1. The number of nitrogens with one attached hydrogen (secondary N) is 2. The molecule has 1 atom stereocenters. The van der Waals surface area contributed by atoms with E-state index < -0.39 is 10.0 Å².